The van der Waals surface area contributed by atoms with Gasteiger partial charge in [-0.2, -0.15) is 4.98 Å². The highest BCUT2D eigenvalue weighted by Gasteiger charge is 2.42. The number of hydrogen-bond acceptors (Lipinski definition) is 7. The molecule has 0 spiro atoms. The number of nitrogens with zero attached hydrogens (tertiary/aromatic N) is 2. The van der Waals surface area contributed by atoms with E-state index >= 15 is 0 Å². The minimum atomic E-state index is -0.551. The van der Waals surface area contributed by atoms with Gasteiger partial charge >= 0.3 is 0 Å². The monoisotopic (exact) mass is 499 g/mol. The number of anilines is 1. The summed E-state index contributed by atoms with van der Waals surface area (Å²) >= 11 is 0. The number of amides is 1. The second-order valence-corrected chi connectivity index (χ2v) is 8.99. The van der Waals surface area contributed by atoms with E-state index in [1.54, 1.807) is 33.5 Å². The number of carbonyl (C=O) groups excluding carboxylic acids is 1. The molecule has 0 bridgehead atoms. The van der Waals surface area contributed by atoms with Gasteiger partial charge in [0.05, 0.1) is 38.0 Å². The summed E-state index contributed by atoms with van der Waals surface area (Å²) in [7, 11) is 4.65. The normalized spacial score (nSPS) is 14.2. The quantitative estimate of drug-likeness (QED) is 0.323. The van der Waals surface area contributed by atoms with Crippen LogP contribution >= 0.6 is 0 Å². The zero-order chi connectivity index (χ0) is 25.8. The number of hydrogen-bond donors (Lipinski definition) is 1. The van der Waals surface area contributed by atoms with Crippen molar-refractivity contribution in [3.05, 3.63) is 72.3 Å². The molecule has 0 unspecified atom stereocenters. The zero-order valence-corrected chi connectivity index (χ0v) is 21.1. The lowest BCUT2D eigenvalue weighted by Crippen LogP contribution is -2.38. The van der Waals surface area contributed by atoms with Crippen LogP contribution in [0, 0.1) is 0 Å². The SMILES string of the molecule is COc1cc(-c2noc(-c3ccccc3NC(=O)C3(c4ccccc4)CCCC3)n2)cc(OC)c1OC. The van der Waals surface area contributed by atoms with Gasteiger partial charge in [0.1, 0.15) is 0 Å². The van der Waals surface area contributed by atoms with Crippen molar-refractivity contribution in [2.24, 2.45) is 0 Å². The molecule has 8 heteroatoms. The van der Waals surface area contributed by atoms with Gasteiger partial charge in [-0.1, -0.05) is 60.5 Å². The molecular weight excluding hydrogens is 470 g/mol. The first-order valence-corrected chi connectivity index (χ1v) is 12.2. The lowest BCUT2D eigenvalue weighted by Gasteiger charge is -2.28. The fourth-order valence-electron chi connectivity index (χ4n) is 5.06. The molecule has 0 atom stereocenters. The van der Waals surface area contributed by atoms with Crippen molar-refractivity contribution in [1.29, 1.82) is 0 Å². The molecule has 0 radical (unpaired) electrons. The molecule has 37 heavy (non-hydrogen) atoms. The second kappa shape index (κ2) is 10.3. The maximum absolute atomic E-state index is 13.7. The Morgan fingerprint density at radius 2 is 1.54 bits per heavy atom. The molecule has 3 aromatic carbocycles. The number of benzene rings is 3. The van der Waals surface area contributed by atoms with Crippen molar-refractivity contribution >= 4 is 11.6 Å². The standard InChI is InChI=1S/C29H29N3O5/c1-34-23-17-19(18-24(35-2)25(23)36-3)26-31-27(37-32-26)21-13-7-8-14-22(21)30-28(33)29(15-9-10-16-29)20-11-5-4-6-12-20/h4-8,11-14,17-18H,9-10,15-16H2,1-3H3,(H,30,33). The molecule has 1 amide bonds. The van der Waals surface area contributed by atoms with Crippen molar-refractivity contribution < 1.29 is 23.5 Å². The van der Waals surface area contributed by atoms with E-state index in [9.17, 15) is 4.79 Å². The summed E-state index contributed by atoms with van der Waals surface area (Å²) in [6, 6.07) is 21.0. The first kappa shape index (κ1) is 24.4. The third kappa shape index (κ3) is 4.50. The molecule has 1 heterocycles. The summed E-state index contributed by atoms with van der Waals surface area (Å²) in [5, 5.41) is 7.34. The van der Waals surface area contributed by atoms with Gasteiger partial charge in [0, 0.05) is 5.56 Å². The number of ether oxygens (including phenoxy) is 3. The van der Waals surface area contributed by atoms with E-state index in [1.165, 1.54) is 0 Å². The molecule has 1 saturated carbocycles. The van der Waals surface area contributed by atoms with E-state index in [0.29, 0.717) is 45.8 Å². The van der Waals surface area contributed by atoms with Gasteiger partial charge in [-0.15, -0.1) is 0 Å². The van der Waals surface area contributed by atoms with Crippen LogP contribution in [0.3, 0.4) is 0 Å². The average Bonchev–Trinajstić information content (AvgIpc) is 3.64. The van der Waals surface area contributed by atoms with E-state index in [1.807, 2.05) is 54.6 Å². The first-order valence-electron chi connectivity index (χ1n) is 12.2. The van der Waals surface area contributed by atoms with Crippen molar-refractivity contribution in [2.45, 2.75) is 31.1 Å². The van der Waals surface area contributed by atoms with Gasteiger partial charge in [-0.3, -0.25) is 4.79 Å². The van der Waals surface area contributed by atoms with Gasteiger partial charge < -0.3 is 24.1 Å². The minimum Gasteiger partial charge on any atom is -0.493 e. The molecule has 1 N–H and O–H groups in total. The van der Waals surface area contributed by atoms with E-state index < -0.39 is 5.41 Å². The molecule has 1 fully saturated rings. The maximum atomic E-state index is 13.7. The maximum Gasteiger partial charge on any atom is 0.260 e. The average molecular weight is 500 g/mol. The van der Waals surface area contributed by atoms with Crippen LogP contribution in [-0.4, -0.2) is 37.4 Å². The van der Waals surface area contributed by atoms with Gasteiger partial charge in [0.2, 0.25) is 17.5 Å². The largest absolute Gasteiger partial charge is 0.493 e. The van der Waals surface area contributed by atoms with Crippen LogP contribution in [0.5, 0.6) is 17.2 Å². The van der Waals surface area contributed by atoms with Crippen molar-refractivity contribution in [1.82, 2.24) is 10.1 Å². The molecule has 1 aliphatic rings. The van der Waals surface area contributed by atoms with E-state index in [2.05, 4.69) is 15.5 Å². The van der Waals surface area contributed by atoms with Crippen LogP contribution in [0.4, 0.5) is 5.69 Å². The summed E-state index contributed by atoms with van der Waals surface area (Å²) < 4.78 is 21.9. The molecule has 8 nitrogen and oxygen atoms in total. The highest BCUT2D eigenvalue weighted by molar-refractivity contribution is 6.01. The third-order valence-corrected chi connectivity index (χ3v) is 6.97. The predicted molar refractivity (Wildman–Crippen MR) is 140 cm³/mol. The molecule has 1 aromatic heterocycles. The Labute approximate surface area is 215 Å². The molecule has 4 aromatic rings. The highest BCUT2D eigenvalue weighted by Crippen LogP contribution is 2.43. The van der Waals surface area contributed by atoms with Gasteiger partial charge in [-0.25, -0.2) is 0 Å². The Morgan fingerprint density at radius 1 is 0.892 bits per heavy atom. The number of methoxy groups -OCH3 is 3. The summed E-state index contributed by atoms with van der Waals surface area (Å²) in [6.45, 7) is 0. The molecular formula is C29H29N3O5. The van der Waals surface area contributed by atoms with Crippen molar-refractivity contribution in [3.63, 3.8) is 0 Å². The number of nitrogens with one attached hydrogen (secondary N) is 1. The third-order valence-electron chi connectivity index (χ3n) is 6.97. The van der Waals surface area contributed by atoms with Gasteiger partial charge in [-0.05, 0) is 42.7 Å². The van der Waals surface area contributed by atoms with Gasteiger partial charge in [0.25, 0.3) is 5.89 Å². The van der Waals surface area contributed by atoms with Gasteiger partial charge in [0.15, 0.2) is 11.5 Å². The Kier molecular flexibility index (Phi) is 6.81. The van der Waals surface area contributed by atoms with E-state index in [0.717, 1.165) is 31.2 Å². The fourth-order valence-corrected chi connectivity index (χ4v) is 5.06. The smallest absolute Gasteiger partial charge is 0.260 e. The van der Waals surface area contributed by atoms with E-state index in [-0.39, 0.29) is 5.91 Å². The van der Waals surface area contributed by atoms with Crippen LogP contribution in [0.25, 0.3) is 22.8 Å². The van der Waals surface area contributed by atoms with Crippen molar-refractivity contribution in [3.8, 4) is 40.1 Å². The van der Waals surface area contributed by atoms with Crippen LogP contribution in [0.15, 0.2) is 71.3 Å². The summed E-state index contributed by atoms with van der Waals surface area (Å²) in [4.78, 5) is 18.3. The number of rotatable bonds is 8. The summed E-state index contributed by atoms with van der Waals surface area (Å²) in [5.74, 6) is 2.07. The van der Waals surface area contributed by atoms with Crippen LogP contribution in [-0.2, 0) is 10.2 Å². The van der Waals surface area contributed by atoms with Crippen LogP contribution < -0.4 is 19.5 Å². The number of carbonyl (C=O) groups is 1. The number of para-hydroxylation sites is 1. The fraction of sp³-hybridized carbons (Fsp3) is 0.276. The minimum absolute atomic E-state index is 0.0204. The number of aromatic nitrogens is 2. The van der Waals surface area contributed by atoms with Crippen LogP contribution in [0.2, 0.25) is 0 Å². The molecule has 190 valence electrons. The van der Waals surface area contributed by atoms with E-state index in [4.69, 9.17) is 18.7 Å². The summed E-state index contributed by atoms with van der Waals surface area (Å²) in [5.41, 5.74) is 2.40. The Bertz CT molecular complexity index is 1370. The second-order valence-electron chi connectivity index (χ2n) is 8.99. The predicted octanol–water partition coefficient (Wildman–Crippen LogP) is 5.88. The van der Waals surface area contributed by atoms with Crippen LogP contribution in [0.1, 0.15) is 31.2 Å². The Morgan fingerprint density at radius 3 is 2.19 bits per heavy atom. The van der Waals surface area contributed by atoms with Crippen molar-refractivity contribution in [2.75, 3.05) is 26.6 Å². The topological polar surface area (TPSA) is 95.7 Å². The molecule has 1 aliphatic carbocycles. The zero-order valence-electron chi connectivity index (χ0n) is 21.1. The first-order chi connectivity index (χ1) is 18.1. The molecule has 0 saturated heterocycles. The Balaban J connectivity index is 1.47. The lowest BCUT2D eigenvalue weighted by molar-refractivity contribution is -0.121. The summed E-state index contributed by atoms with van der Waals surface area (Å²) in [6.07, 6.45) is 3.67. The lowest BCUT2D eigenvalue weighted by atomic mass is 9.78. The highest BCUT2D eigenvalue weighted by atomic mass is 16.5. The molecule has 5 rings (SSSR count). The Hall–Kier alpha value is -4.33. The molecule has 0 aliphatic heterocycles.